The number of nitrogens with zero attached hydrogens (tertiary/aromatic N) is 2. The number of ether oxygens (including phenoxy) is 2. The maximum absolute atomic E-state index is 6.07. The predicted octanol–water partition coefficient (Wildman–Crippen LogP) is 7.48. The van der Waals surface area contributed by atoms with Gasteiger partial charge in [-0.05, 0) is 12.3 Å². The lowest BCUT2D eigenvalue weighted by atomic mass is 10.1. The number of rotatable bonds is 16. The van der Waals surface area contributed by atoms with Gasteiger partial charge in [-0.25, -0.2) is 0 Å². The van der Waals surface area contributed by atoms with Gasteiger partial charge in [0.25, 0.3) is 0 Å². The van der Waals surface area contributed by atoms with Crippen molar-refractivity contribution in [1.82, 2.24) is 9.97 Å². The fraction of sp³-hybridized carbons (Fsp3) is 0.615. The van der Waals surface area contributed by atoms with E-state index in [0.29, 0.717) is 25.1 Å². The van der Waals surface area contributed by atoms with Crippen molar-refractivity contribution in [2.24, 2.45) is 5.92 Å². The van der Waals surface area contributed by atoms with Crippen LogP contribution in [0.1, 0.15) is 85.0 Å². The van der Waals surface area contributed by atoms with Crippen LogP contribution in [0.15, 0.2) is 36.5 Å². The van der Waals surface area contributed by atoms with Crippen molar-refractivity contribution in [2.45, 2.75) is 85.0 Å². The first-order chi connectivity index (χ1) is 14.7. The van der Waals surface area contributed by atoms with Gasteiger partial charge in [-0.2, -0.15) is 9.97 Å². The van der Waals surface area contributed by atoms with E-state index >= 15 is 0 Å². The zero-order valence-corrected chi connectivity index (χ0v) is 19.2. The molecule has 4 nitrogen and oxygen atoms in total. The lowest BCUT2D eigenvalue weighted by molar-refractivity contribution is 0.236. The van der Waals surface area contributed by atoms with E-state index in [1.807, 2.05) is 30.3 Å². The van der Waals surface area contributed by atoms with Crippen LogP contribution < -0.4 is 9.47 Å². The molecular weight excluding hydrogens is 372 g/mol. The highest BCUT2D eigenvalue weighted by molar-refractivity contribution is 5.65. The Balaban J connectivity index is 1.84. The van der Waals surface area contributed by atoms with E-state index in [-0.39, 0.29) is 0 Å². The third-order valence-corrected chi connectivity index (χ3v) is 5.48. The van der Waals surface area contributed by atoms with Gasteiger partial charge in [0.2, 0.25) is 0 Å². The van der Waals surface area contributed by atoms with Gasteiger partial charge in [-0.15, -0.1) is 0 Å². The first-order valence-corrected chi connectivity index (χ1v) is 11.9. The molecule has 0 N–H and O–H groups in total. The second kappa shape index (κ2) is 14.8. The van der Waals surface area contributed by atoms with Crippen LogP contribution in [0.2, 0.25) is 0 Å². The van der Waals surface area contributed by atoms with Crippen LogP contribution >= 0.6 is 0 Å². The Morgan fingerprint density at radius 2 is 1.50 bits per heavy atom. The highest BCUT2D eigenvalue weighted by atomic mass is 16.5. The Morgan fingerprint density at radius 3 is 2.17 bits per heavy atom. The molecule has 0 saturated heterocycles. The van der Waals surface area contributed by atoms with Gasteiger partial charge in [-0.1, -0.05) is 109 Å². The Hall–Kier alpha value is -2.10. The highest BCUT2D eigenvalue weighted by Gasteiger charge is 2.12. The number of unbranched alkanes of at least 4 members (excludes halogenated alkanes) is 8. The van der Waals surface area contributed by atoms with Gasteiger partial charge >= 0.3 is 6.01 Å². The molecule has 1 aromatic carbocycles. The summed E-state index contributed by atoms with van der Waals surface area (Å²) in [6, 6.07) is 10.6. The van der Waals surface area contributed by atoms with Crippen molar-refractivity contribution in [3.05, 3.63) is 36.5 Å². The standard InChI is InChI=1S/C26H40N2O2/c1-4-6-7-8-9-10-11-12-16-19-29-24-20-27-26(30-21-22(3)5-2)28-25(24)23-17-14-13-15-18-23/h13-15,17-18,20,22H,4-12,16,19,21H2,1-3H3. The summed E-state index contributed by atoms with van der Waals surface area (Å²) in [5.41, 5.74) is 1.83. The molecule has 0 aliphatic carbocycles. The lowest BCUT2D eigenvalue weighted by Gasteiger charge is -2.13. The van der Waals surface area contributed by atoms with Gasteiger partial charge in [0.15, 0.2) is 5.75 Å². The van der Waals surface area contributed by atoms with E-state index < -0.39 is 0 Å². The summed E-state index contributed by atoms with van der Waals surface area (Å²) in [7, 11) is 0. The van der Waals surface area contributed by atoms with E-state index in [1.54, 1.807) is 6.20 Å². The fourth-order valence-corrected chi connectivity index (χ4v) is 3.26. The molecule has 0 spiro atoms. The van der Waals surface area contributed by atoms with E-state index in [9.17, 15) is 0 Å². The molecule has 4 heteroatoms. The van der Waals surface area contributed by atoms with Gasteiger partial charge in [0, 0.05) is 5.56 Å². The number of benzene rings is 1. The van der Waals surface area contributed by atoms with Crippen molar-refractivity contribution >= 4 is 0 Å². The van der Waals surface area contributed by atoms with E-state index in [4.69, 9.17) is 9.47 Å². The summed E-state index contributed by atoms with van der Waals surface area (Å²) in [6.45, 7) is 7.92. The first-order valence-electron chi connectivity index (χ1n) is 11.9. The maximum Gasteiger partial charge on any atom is 0.317 e. The summed E-state index contributed by atoms with van der Waals surface area (Å²) < 4.78 is 11.9. The van der Waals surface area contributed by atoms with Gasteiger partial charge in [-0.3, -0.25) is 0 Å². The smallest absolute Gasteiger partial charge is 0.317 e. The number of hydrogen-bond acceptors (Lipinski definition) is 4. The summed E-state index contributed by atoms with van der Waals surface area (Å²) in [5.74, 6) is 1.22. The summed E-state index contributed by atoms with van der Waals surface area (Å²) in [6.07, 6.45) is 14.6. The van der Waals surface area contributed by atoms with Crippen LogP contribution in [0.3, 0.4) is 0 Å². The van der Waals surface area contributed by atoms with Crippen LogP contribution in [0.25, 0.3) is 11.3 Å². The fourth-order valence-electron chi connectivity index (χ4n) is 3.26. The van der Waals surface area contributed by atoms with Crippen LogP contribution in [-0.4, -0.2) is 23.2 Å². The van der Waals surface area contributed by atoms with Crippen LogP contribution in [0.5, 0.6) is 11.8 Å². The minimum absolute atomic E-state index is 0.421. The quantitative estimate of drug-likeness (QED) is 0.268. The summed E-state index contributed by atoms with van der Waals surface area (Å²) in [5, 5.41) is 0. The molecule has 30 heavy (non-hydrogen) atoms. The third kappa shape index (κ3) is 9.15. The van der Waals surface area contributed by atoms with Crippen molar-refractivity contribution in [2.75, 3.05) is 13.2 Å². The molecule has 0 bridgehead atoms. The van der Waals surface area contributed by atoms with Gasteiger partial charge < -0.3 is 9.47 Å². The SMILES string of the molecule is CCCCCCCCCCCOc1cnc(OCC(C)CC)nc1-c1ccccc1. The second-order valence-electron chi connectivity index (χ2n) is 8.23. The maximum atomic E-state index is 6.07. The minimum Gasteiger partial charge on any atom is -0.490 e. The Labute approximate surface area is 183 Å². The normalized spacial score (nSPS) is 12.0. The monoisotopic (exact) mass is 412 g/mol. The molecule has 1 aromatic heterocycles. The molecule has 0 radical (unpaired) electrons. The average molecular weight is 413 g/mol. The summed E-state index contributed by atoms with van der Waals surface area (Å²) >= 11 is 0. The van der Waals surface area contributed by atoms with Gasteiger partial charge in [0.1, 0.15) is 5.69 Å². The highest BCUT2D eigenvalue weighted by Crippen LogP contribution is 2.29. The molecule has 0 amide bonds. The molecular formula is C26H40N2O2. The molecule has 1 atom stereocenters. The zero-order valence-electron chi connectivity index (χ0n) is 19.2. The topological polar surface area (TPSA) is 44.2 Å². The molecule has 2 rings (SSSR count). The molecule has 0 fully saturated rings. The zero-order chi connectivity index (χ0) is 21.4. The van der Waals surface area contributed by atoms with Gasteiger partial charge in [0.05, 0.1) is 19.4 Å². The van der Waals surface area contributed by atoms with E-state index in [1.165, 1.54) is 51.4 Å². The number of aromatic nitrogens is 2. The predicted molar refractivity (Wildman–Crippen MR) is 125 cm³/mol. The molecule has 0 aliphatic heterocycles. The van der Waals surface area contributed by atoms with Crippen molar-refractivity contribution in [1.29, 1.82) is 0 Å². The second-order valence-corrected chi connectivity index (χ2v) is 8.23. The molecule has 0 aliphatic rings. The van der Waals surface area contributed by atoms with Crippen molar-refractivity contribution in [3.8, 4) is 23.0 Å². The summed E-state index contributed by atoms with van der Waals surface area (Å²) in [4.78, 5) is 9.03. The largest absolute Gasteiger partial charge is 0.490 e. The van der Waals surface area contributed by atoms with Crippen LogP contribution in [-0.2, 0) is 0 Å². The third-order valence-electron chi connectivity index (χ3n) is 5.48. The average Bonchev–Trinajstić information content (AvgIpc) is 2.79. The molecule has 2 aromatic rings. The molecule has 166 valence electrons. The van der Waals surface area contributed by atoms with Crippen molar-refractivity contribution < 1.29 is 9.47 Å². The Morgan fingerprint density at radius 1 is 0.833 bits per heavy atom. The molecule has 1 heterocycles. The number of hydrogen-bond donors (Lipinski definition) is 0. The lowest BCUT2D eigenvalue weighted by Crippen LogP contribution is -2.10. The van der Waals surface area contributed by atoms with E-state index in [0.717, 1.165) is 29.8 Å². The Bertz CT molecular complexity index is 691. The van der Waals surface area contributed by atoms with E-state index in [2.05, 4.69) is 30.7 Å². The molecule has 1 unspecified atom stereocenters. The first kappa shape index (κ1) is 24.2. The molecule has 0 saturated carbocycles. The Kier molecular flexibility index (Phi) is 11.9. The van der Waals surface area contributed by atoms with Crippen LogP contribution in [0.4, 0.5) is 0 Å². The van der Waals surface area contributed by atoms with Crippen LogP contribution in [0, 0.1) is 5.92 Å². The minimum atomic E-state index is 0.421. The van der Waals surface area contributed by atoms with Crippen molar-refractivity contribution in [3.63, 3.8) is 0 Å².